The van der Waals surface area contributed by atoms with Crippen LogP contribution in [0.25, 0.3) is 11.1 Å². The largest absolute Gasteiger partial charge is 0.508 e. The summed E-state index contributed by atoms with van der Waals surface area (Å²) in [6.45, 7) is 9.53. The molecule has 0 fully saturated rings. The summed E-state index contributed by atoms with van der Waals surface area (Å²) in [5.41, 5.74) is 5.60. The van der Waals surface area contributed by atoms with E-state index in [1.807, 2.05) is 12.1 Å². The maximum absolute atomic E-state index is 13.3. The lowest BCUT2D eigenvalue weighted by atomic mass is 9.62. The van der Waals surface area contributed by atoms with Crippen LogP contribution in [0.2, 0.25) is 0 Å². The third kappa shape index (κ3) is 3.94. The maximum atomic E-state index is 13.3. The molecule has 1 N–H and O–H groups in total. The van der Waals surface area contributed by atoms with Gasteiger partial charge in [0.1, 0.15) is 23.9 Å². The summed E-state index contributed by atoms with van der Waals surface area (Å²) in [4.78, 5) is 0. The van der Waals surface area contributed by atoms with E-state index in [-0.39, 0.29) is 22.4 Å². The van der Waals surface area contributed by atoms with Crippen molar-refractivity contribution in [3.05, 3.63) is 83.2 Å². The van der Waals surface area contributed by atoms with Crippen molar-refractivity contribution in [2.75, 3.05) is 0 Å². The van der Waals surface area contributed by atoms with Gasteiger partial charge < -0.3 is 9.84 Å². The van der Waals surface area contributed by atoms with Crippen LogP contribution in [-0.4, -0.2) is 5.11 Å². The van der Waals surface area contributed by atoms with Gasteiger partial charge in [0, 0.05) is 5.56 Å². The number of ether oxygens (including phenoxy) is 1. The third-order valence-corrected chi connectivity index (χ3v) is 6.42. The van der Waals surface area contributed by atoms with Gasteiger partial charge in [-0.25, -0.2) is 4.39 Å². The molecule has 0 heterocycles. The Bertz CT molecular complexity index is 1060. The Balaban J connectivity index is 1.83. The van der Waals surface area contributed by atoms with Crippen molar-refractivity contribution in [2.45, 2.75) is 58.0 Å². The smallest absolute Gasteiger partial charge is 0.127 e. The standard InChI is InChI=1S/C27H29FO2/c1-26(2)12-13-27(3,4)24-16-25(30-17-18-8-10-20(28)11-9-18)22(15-23(24)26)19-6-5-7-21(29)14-19/h5-11,14-16,29H,12-13,17H2,1-4H3. The number of aromatic hydroxyl groups is 1. The normalized spacial score (nSPS) is 16.7. The molecule has 3 heteroatoms. The van der Waals surface area contributed by atoms with Crippen molar-refractivity contribution < 1.29 is 14.2 Å². The zero-order valence-corrected chi connectivity index (χ0v) is 18.1. The summed E-state index contributed by atoms with van der Waals surface area (Å²) >= 11 is 0. The second-order valence-electron chi connectivity index (χ2n) is 9.63. The lowest BCUT2D eigenvalue weighted by Gasteiger charge is -2.42. The van der Waals surface area contributed by atoms with Crippen molar-refractivity contribution in [3.8, 4) is 22.6 Å². The maximum Gasteiger partial charge on any atom is 0.127 e. The Kier molecular flexibility index (Phi) is 5.09. The molecule has 3 aromatic rings. The molecule has 0 aliphatic heterocycles. The minimum Gasteiger partial charge on any atom is -0.508 e. The first-order valence-electron chi connectivity index (χ1n) is 10.5. The number of fused-ring (bicyclic) bond motifs is 1. The van der Waals surface area contributed by atoms with Gasteiger partial charge >= 0.3 is 0 Å². The molecule has 0 amide bonds. The van der Waals surface area contributed by atoms with Gasteiger partial charge in [-0.3, -0.25) is 0 Å². The van der Waals surface area contributed by atoms with Gasteiger partial charge in [-0.1, -0.05) is 52.0 Å². The molecule has 1 aliphatic carbocycles. The molecule has 156 valence electrons. The average Bonchev–Trinajstić information content (AvgIpc) is 2.70. The summed E-state index contributed by atoms with van der Waals surface area (Å²) in [5, 5.41) is 10.0. The van der Waals surface area contributed by atoms with Gasteiger partial charge in [-0.15, -0.1) is 0 Å². The van der Waals surface area contributed by atoms with Crippen molar-refractivity contribution in [2.24, 2.45) is 0 Å². The van der Waals surface area contributed by atoms with Gasteiger partial charge in [0.05, 0.1) is 0 Å². The highest BCUT2D eigenvalue weighted by Gasteiger charge is 2.38. The third-order valence-electron chi connectivity index (χ3n) is 6.42. The van der Waals surface area contributed by atoms with Crippen LogP contribution in [0.3, 0.4) is 0 Å². The van der Waals surface area contributed by atoms with Crippen LogP contribution in [0.5, 0.6) is 11.5 Å². The lowest BCUT2D eigenvalue weighted by Crippen LogP contribution is -2.33. The highest BCUT2D eigenvalue weighted by molar-refractivity contribution is 5.74. The van der Waals surface area contributed by atoms with Crippen LogP contribution in [-0.2, 0) is 17.4 Å². The minimum absolute atomic E-state index is 0.0657. The molecule has 0 bridgehead atoms. The fourth-order valence-electron chi connectivity index (χ4n) is 4.35. The van der Waals surface area contributed by atoms with Gasteiger partial charge in [0.2, 0.25) is 0 Å². The molecule has 0 radical (unpaired) electrons. The van der Waals surface area contributed by atoms with Gasteiger partial charge in [-0.2, -0.15) is 0 Å². The number of hydrogen-bond acceptors (Lipinski definition) is 2. The number of hydrogen-bond donors (Lipinski definition) is 1. The van der Waals surface area contributed by atoms with Crippen molar-refractivity contribution >= 4 is 0 Å². The van der Waals surface area contributed by atoms with Crippen LogP contribution in [0.15, 0.2) is 60.7 Å². The molecule has 2 nitrogen and oxygen atoms in total. The summed E-state index contributed by atoms with van der Waals surface area (Å²) in [5.74, 6) is 0.765. The molecule has 0 aromatic heterocycles. The van der Waals surface area contributed by atoms with E-state index in [1.54, 1.807) is 24.3 Å². The Morgan fingerprint density at radius 1 is 0.867 bits per heavy atom. The number of halogens is 1. The Morgan fingerprint density at radius 3 is 2.13 bits per heavy atom. The Morgan fingerprint density at radius 2 is 1.50 bits per heavy atom. The molecule has 0 atom stereocenters. The van der Waals surface area contributed by atoms with Crippen molar-refractivity contribution in [1.29, 1.82) is 0 Å². The molecule has 1 aliphatic rings. The molecule has 0 saturated heterocycles. The predicted octanol–water partition coefficient (Wildman–Crippen LogP) is 7.13. The van der Waals surface area contributed by atoms with Gasteiger partial charge in [0.15, 0.2) is 0 Å². The summed E-state index contributed by atoms with van der Waals surface area (Å²) in [7, 11) is 0. The van der Waals surface area contributed by atoms with Crippen LogP contribution in [0.1, 0.15) is 57.2 Å². The quantitative estimate of drug-likeness (QED) is 0.501. The second-order valence-corrected chi connectivity index (χ2v) is 9.63. The molecule has 0 saturated carbocycles. The molecule has 3 aromatic carbocycles. The highest BCUT2D eigenvalue weighted by atomic mass is 19.1. The first-order valence-corrected chi connectivity index (χ1v) is 10.5. The Hall–Kier alpha value is -2.81. The number of phenols is 1. The van der Waals surface area contributed by atoms with E-state index in [1.165, 1.54) is 23.3 Å². The van der Waals surface area contributed by atoms with Crippen molar-refractivity contribution in [3.63, 3.8) is 0 Å². The molecule has 4 rings (SSSR count). The van der Waals surface area contributed by atoms with Crippen LogP contribution in [0.4, 0.5) is 4.39 Å². The Labute approximate surface area is 178 Å². The van der Waals surface area contributed by atoms with Crippen LogP contribution < -0.4 is 4.74 Å². The zero-order chi connectivity index (χ0) is 21.5. The number of rotatable bonds is 4. The average molecular weight is 405 g/mol. The first kappa shape index (κ1) is 20.5. The molecule has 0 unspecified atom stereocenters. The minimum atomic E-state index is -0.253. The fourth-order valence-corrected chi connectivity index (χ4v) is 4.35. The predicted molar refractivity (Wildman–Crippen MR) is 120 cm³/mol. The van der Waals surface area contributed by atoms with E-state index < -0.39 is 0 Å². The summed E-state index contributed by atoms with van der Waals surface area (Å²) < 4.78 is 19.5. The van der Waals surface area contributed by atoms with Gasteiger partial charge in [0.25, 0.3) is 0 Å². The molecular weight excluding hydrogens is 375 g/mol. The summed E-state index contributed by atoms with van der Waals surface area (Å²) in [6.07, 6.45) is 2.25. The van der Waals surface area contributed by atoms with Crippen molar-refractivity contribution in [1.82, 2.24) is 0 Å². The van der Waals surface area contributed by atoms with E-state index in [0.717, 1.165) is 35.3 Å². The molecule has 30 heavy (non-hydrogen) atoms. The topological polar surface area (TPSA) is 29.5 Å². The molecule has 0 spiro atoms. The number of phenolic OH excluding ortho intramolecular Hbond substituents is 1. The van der Waals surface area contributed by atoms with E-state index in [9.17, 15) is 9.50 Å². The monoisotopic (exact) mass is 404 g/mol. The lowest BCUT2D eigenvalue weighted by molar-refractivity contribution is 0.300. The zero-order valence-electron chi connectivity index (χ0n) is 18.1. The van der Waals surface area contributed by atoms with E-state index in [0.29, 0.717) is 6.61 Å². The van der Waals surface area contributed by atoms with Crippen LogP contribution >= 0.6 is 0 Å². The van der Waals surface area contributed by atoms with Gasteiger partial charge in [-0.05, 0) is 82.3 Å². The van der Waals surface area contributed by atoms with E-state index >= 15 is 0 Å². The fraction of sp³-hybridized carbons (Fsp3) is 0.333. The summed E-state index contributed by atoms with van der Waals surface area (Å²) in [6, 6.07) is 18.1. The first-order chi connectivity index (χ1) is 14.2. The van der Waals surface area contributed by atoms with E-state index in [2.05, 4.69) is 39.8 Å². The van der Waals surface area contributed by atoms with E-state index in [4.69, 9.17) is 4.74 Å². The molecular formula is C27H29FO2. The second kappa shape index (κ2) is 7.46. The van der Waals surface area contributed by atoms with Crippen LogP contribution in [0, 0.1) is 5.82 Å². The highest BCUT2D eigenvalue weighted by Crippen LogP contribution is 2.49. The SMILES string of the molecule is CC1(C)CCC(C)(C)c2cc(-c3cccc(O)c3)c(OCc3ccc(F)cc3)cc21. The number of benzene rings is 3.